The predicted octanol–water partition coefficient (Wildman–Crippen LogP) is 2.75. The SMILES string of the molecule is CCCNC(CO)(CN(CCC)C1CC1)c1ccccc1. The van der Waals surface area contributed by atoms with Gasteiger partial charge in [-0.25, -0.2) is 0 Å². The van der Waals surface area contributed by atoms with Gasteiger partial charge in [-0.2, -0.15) is 0 Å². The summed E-state index contributed by atoms with van der Waals surface area (Å²) in [5, 5.41) is 13.8. The summed E-state index contributed by atoms with van der Waals surface area (Å²) in [6.07, 6.45) is 4.86. The lowest BCUT2D eigenvalue weighted by Gasteiger charge is -2.39. The van der Waals surface area contributed by atoms with Gasteiger partial charge in [-0.3, -0.25) is 4.90 Å². The molecule has 0 spiro atoms. The summed E-state index contributed by atoms with van der Waals surface area (Å²) in [7, 11) is 0. The highest BCUT2D eigenvalue weighted by Crippen LogP contribution is 2.31. The van der Waals surface area contributed by atoms with Crippen LogP contribution in [0.15, 0.2) is 30.3 Å². The molecular weight excluding hydrogens is 260 g/mol. The molecule has 2 rings (SSSR count). The van der Waals surface area contributed by atoms with Crippen LogP contribution < -0.4 is 5.32 Å². The van der Waals surface area contributed by atoms with Crippen LogP contribution in [0.25, 0.3) is 0 Å². The van der Waals surface area contributed by atoms with Crippen LogP contribution in [0.1, 0.15) is 45.1 Å². The van der Waals surface area contributed by atoms with Crippen LogP contribution in [0.4, 0.5) is 0 Å². The summed E-state index contributed by atoms with van der Waals surface area (Å²) in [5.41, 5.74) is 0.859. The summed E-state index contributed by atoms with van der Waals surface area (Å²) in [4.78, 5) is 2.56. The van der Waals surface area contributed by atoms with Gasteiger partial charge in [-0.1, -0.05) is 44.2 Å². The van der Waals surface area contributed by atoms with E-state index < -0.39 is 0 Å². The van der Waals surface area contributed by atoms with E-state index in [1.165, 1.54) is 24.8 Å². The van der Waals surface area contributed by atoms with E-state index in [0.717, 1.165) is 32.1 Å². The van der Waals surface area contributed by atoms with Crippen LogP contribution in [0.5, 0.6) is 0 Å². The summed E-state index contributed by atoms with van der Waals surface area (Å²) in [6.45, 7) is 7.49. The highest BCUT2D eigenvalue weighted by molar-refractivity contribution is 5.25. The van der Waals surface area contributed by atoms with E-state index in [9.17, 15) is 5.11 Å². The van der Waals surface area contributed by atoms with Gasteiger partial charge in [-0.15, -0.1) is 0 Å². The molecule has 0 aromatic heterocycles. The van der Waals surface area contributed by atoms with Crippen molar-refractivity contribution in [3.8, 4) is 0 Å². The smallest absolute Gasteiger partial charge is 0.0798 e. The van der Waals surface area contributed by atoms with Crippen LogP contribution >= 0.6 is 0 Å². The van der Waals surface area contributed by atoms with Gasteiger partial charge in [0.15, 0.2) is 0 Å². The summed E-state index contributed by atoms with van der Waals surface area (Å²) < 4.78 is 0. The Morgan fingerprint density at radius 3 is 2.43 bits per heavy atom. The van der Waals surface area contributed by atoms with Gasteiger partial charge >= 0.3 is 0 Å². The zero-order chi connectivity index (χ0) is 15.1. The molecule has 1 saturated carbocycles. The lowest BCUT2D eigenvalue weighted by atomic mass is 9.89. The number of hydrogen-bond donors (Lipinski definition) is 2. The molecule has 1 fully saturated rings. The Morgan fingerprint density at radius 2 is 1.90 bits per heavy atom. The summed E-state index contributed by atoms with van der Waals surface area (Å²) >= 11 is 0. The van der Waals surface area contributed by atoms with Gasteiger partial charge in [0, 0.05) is 12.6 Å². The van der Waals surface area contributed by atoms with Gasteiger partial charge in [0.1, 0.15) is 0 Å². The molecule has 1 atom stereocenters. The van der Waals surface area contributed by atoms with Crippen molar-refractivity contribution in [3.05, 3.63) is 35.9 Å². The van der Waals surface area contributed by atoms with Gasteiger partial charge < -0.3 is 10.4 Å². The number of aliphatic hydroxyl groups excluding tert-OH is 1. The van der Waals surface area contributed by atoms with E-state index in [4.69, 9.17) is 0 Å². The van der Waals surface area contributed by atoms with E-state index >= 15 is 0 Å². The van der Waals surface area contributed by atoms with E-state index in [1.54, 1.807) is 0 Å². The molecule has 1 aromatic carbocycles. The van der Waals surface area contributed by atoms with E-state index in [0.29, 0.717) is 0 Å². The van der Waals surface area contributed by atoms with Crippen molar-refractivity contribution in [2.45, 2.75) is 51.1 Å². The Balaban J connectivity index is 2.20. The van der Waals surface area contributed by atoms with Crippen molar-refractivity contribution in [2.24, 2.45) is 0 Å². The molecule has 3 nitrogen and oxygen atoms in total. The third kappa shape index (κ3) is 4.29. The van der Waals surface area contributed by atoms with Crippen LogP contribution in [-0.4, -0.2) is 42.3 Å². The molecule has 3 heteroatoms. The fraction of sp³-hybridized carbons (Fsp3) is 0.667. The molecule has 118 valence electrons. The Kier molecular flexibility index (Phi) is 6.22. The van der Waals surface area contributed by atoms with Crippen molar-refractivity contribution >= 4 is 0 Å². The number of rotatable bonds is 10. The van der Waals surface area contributed by atoms with E-state index in [2.05, 4.69) is 48.3 Å². The highest BCUT2D eigenvalue weighted by atomic mass is 16.3. The maximum atomic E-state index is 10.2. The van der Waals surface area contributed by atoms with Crippen molar-refractivity contribution < 1.29 is 5.11 Å². The minimum Gasteiger partial charge on any atom is -0.394 e. The summed E-state index contributed by atoms with van der Waals surface area (Å²) in [6, 6.07) is 11.2. The normalized spacial score (nSPS) is 17.9. The minimum absolute atomic E-state index is 0.143. The maximum Gasteiger partial charge on any atom is 0.0798 e. The average molecular weight is 290 g/mol. The molecule has 0 saturated heterocycles. The Morgan fingerprint density at radius 1 is 1.19 bits per heavy atom. The first-order valence-electron chi connectivity index (χ1n) is 8.41. The van der Waals surface area contributed by atoms with Gasteiger partial charge in [0.05, 0.1) is 12.1 Å². The van der Waals surface area contributed by atoms with Crippen molar-refractivity contribution in [1.82, 2.24) is 10.2 Å². The fourth-order valence-electron chi connectivity index (χ4n) is 3.03. The number of hydrogen-bond acceptors (Lipinski definition) is 3. The third-order valence-electron chi connectivity index (χ3n) is 4.36. The zero-order valence-corrected chi connectivity index (χ0v) is 13.5. The van der Waals surface area contributed by atoms with Gasteiger partial charge in [0.25, 0.3) is 0 Å². The molecule has 0 heterocycles. The molecule has 0 radical (unpaired) electrons. The topological polar surface area (TPSA) is 35.5 Å². The molecule has 0 amide bonds. The number of aliphatic hydroxyl groups is 1. The number of benzene rings is 1. The second-order valence-electron chi connectivity index (χ2n) is 6.23. The zero-order valence-electron chi connectivity index (χ0n) is 13.5. The molecule has 0 bridgehead atoms. The highest BCUT2D eigenvalue weighted by Gasteiger charge is 2.37. The molecule has 2 N–H and O–H groups in total. The van der Waals surface area contributed by atoms with Gasteiger partial charge in [0.2, 0.25) is 0 Å². The lowest BCUT2D eigenvalue weighted by molar-refractivity contribution is 0.102. The molecule has 1 unspecified atom stereocenters. The Labute approximate surface area is 129 Å². The van der Waals surface area contributed by atoms with Crippen LogP contribution in [0.2, 0.25) is 0 Å². The van der Waals surface area contributed by atoms with Gasteiger partial charge in [-0.05, 0) is 44.3 Å². The molecule has 1 aliphatic rings. The standard InChI is InChI=1S/C18H30N2O/c1-3-12-19-18(15-21,16-8-6-5-7-9-16)14-20(13-4-2)17-10-11-17/h5-9,17,19,21H,3-4,10-15H2,1-2H3. The third-order valence-corrected chi connectivity index (χ3v) is 4.36. The minimum atomic E-state index is -0.338. The average Bonchev–Trinajstić information content (AvgIpc) is 3.36. The van der Waals surface area contributed by atoms with Crippen molar-refractivity contribution in [3.63, 3.8) is 0 Å². The second-order valence-corrected chi connectivity index (χ2v) is 6.23. The first-order chi connectivity index (χ1) is 10.3. The largest absolute Gasteiger partial charge is 0.394 e. The monoisotopic (exact) mass is 290 g/mol. The Bertz CT molecular complexity index is 405. The summed E-state index contributed by atoms with van der Waals surface area (Å²) in [5.74, 6) is 0. The quantitative estimate of drug-likeness (QED) is 0.695. The van der Waals surface area contributed by atoms with E-state index in [1.807, 2.05) is 6.07 Å². The fourth-order valence-corrected chi connectivity index (χ4v) is 3.03. The molecule has 1 aromatic rings. The van der Waals surface area contributed by atoms with Crippen molar-refractivity contribution in [2.75, 3.05) is 26.2 Å². The Hall–Kier alpha value is -0.900. The van der Waals surface area contributed by atoms with Crippen LogP contribution in [0, 0.1) is 0 Å². The predicted molar refractivity (Wildman–Crippen MR) is 88.4 cm³/mol. The molecule has 21 heavy (non-hydrogen) atoms. The van der Waals surface area contributed by atoms with E-state index in [-0.39, 0.29) is 12.1 Å². The first-order valence-corrected chi connectivity index (χ1v) is 8.41. The number of nitrogens with zero attached hydrogens (tertiary/aromatic N) is 1. The second kappa shape index (κ2) is 7.92. The number of nitrogens with one attached hydrogen (secondary N) is 1. The molecule has 1 aliphatic carbocycles. The van der Waals surface area contributed by atoms with Crippen LogP contribution in [-0.2, 0) is 5.54 Å². The van der Waals surface area contributed by atoms with Crippen molar-refractivity contribution in [1.29, 1.82) is 0 Å². The van der Waals surface area contributed by atoms with Crippen LogP contribution in [0.3, 0.4) is 0 Å². The molecule has 0 aliphatic heterocycles. The lowest BCUT2D eigenvalue weighted by Crippen LogP contribution is -2.54. The molecular formula is C18H30N2O. The maximum absolute atomic E-state index is 10.2. The first kappa shape index (κ1) is 16.5.